The number of nitrogens with one attached hydrogen (secondary N) is 2. The normalized spacial score (nSPS) is 19.5. The number of rotatable bonds is 4. The molecule has 0 aromatic heterocycles. The zero-order valence-corrected chi connectivity index (χ0v) is 10.4. The van der Waals surface area contributed by atoms with E-state index in [2.05, 4.69) is 17.6 Å². The van der Waals surface area contributed by atoms with Gasteiger partial charge in [0.1, 0.15) is 0 Å². The van der Waals surface area contributed by atoms with Gasteiger partial charge in [-0.2, -0.15) is 0 Å². The van der Waals surface area contributed by atoms with E-state index in [1.54, 1.807) is 0 Å². The number of hydrogen-bond acceptors (Lipinski definition) is 2. The van der Waals surface area contributed by atoms with E-state index in [0.717, 1.165) is 6.42 Å². The van der Waals surface area contributed by atoms with E-state index < -0.39 is 0 Å². The molecule has 2 N–H and O–H groups in total. The van der Waals surface area contributed by atoms with Crippen LogP contribution in [0.15, 0.2) is 0 Å². The summed E-state index contributed by atoms with van der Waals surface area (Å²) < 4.78 is 0. The Morgan fingerprint density at radius 2 is 1.93 bits per heavy atom. The Morgan fingerprint density at radius 3 is 2.27 bits per heavy atom. The van der Waals surface area contributed by atoms with Crippen LogP contribution in [0.2, 0.25) is 0 Å². The second kappa shape index (κ2) is 4.52. The summed E-state index contributed by atoms with van der Waals surface area (Å²) in [5.74, 6) is 0.0993. The molecule has 1 saturated carbocycles. The SMILES string of the molecule is CCC1(NCC(=O)NC(C)(C)C)CCC1. The molecule has 0 aromatic carbocycles. The topological polar surface area (TPSA) is 41.1 Å². The third kappa shape index (κ3) is 3.82. The van der Waals surface area contributed by atoms with E-state index in [4.69, 9.17) is 0 Å². The number of hydrogen-bond donors (Lipinski definition) is 2. The molecule has 88 valence electrons. The lowest BCUT2D eigenvalue weighted by molar-refractivity contribution is -0.122. The molecule has 1 aliphatic rings. The molecular formula is C12H24N2O. The summed E-state index contributed by atoms with van der Waals surface area (Å²) in [5.41, 5.74) is 0.132. The summed E-state index contributed by atoms with van der Waals surface area (Å²) in [5, 5.41) is 6.36. The van der Waals surface area contributed by atoms with Crippen LogP contribution >= 0.6 is 0 Å². The van der Waals surface area contributed by atoms with Gasteiger partial charge >= 0.3 is 0 Å². The highest BCUT2D eigenvalue weighted by Gasteiger charge is 2.34. The fraction of sp³-hybridized carbons (Fsp3) is 0.917. The van der Waals surface area contributed by atoms with Crippen LogP contribution in [-0.2, 0) is 4.79 Å². The minimum atomic E-state index is -0.127. The van der Waals surface area contributed by atoms with Gasteiger partial charge in [0, 0.05) is 11.1 Å². The van der Waals surface area contributed by atoms with Crippen molar-refractivity contribution >= 4 is 5.91 Å². The van der Waals surface area contributed by atoms with Gasteiger partial charge in [-0.3, -0.25) is 4.79 Å². The molecule has 1 aliphatic carbocycles. The van der Waals surface area contributed by atoms with Crippen LogP contribution in [0, 0.1) is 0 Å². The van der Waals surface area contributed by atoms with E-state index in [-0.39, 0.29) is 17.0 Å². The van der Waals surface area contributed by atoms with Gasteiger partial charge in [-0.25, -0.2) is 0 Å². The van der Waals surface area contributed by atoms with Crippen LogP contribution in [0.3, 0.4) is 0 Å². The molecular weight excluding hydrogens is 188 g/mol. The van der Waals surface area contributed by atoms with Crippen molar-refractivity contribution < 1.29 is 4.79 Å². The van der Waals surface area contributed by atoms with Crippen LogP contribution in [-0.4, -0.2) is 23.5 Å². The van der Waals surface area contributed by atoms with Crippen molar-refractivity contribution in [3.8, 4) is 0 Å². The maximum atomic E-state index is 11.6. The lowest BCUT2D eigenvalue weighted by Crippen LogP contribution is -2.55. The van der Waals surface area contributed by atoms with E-state index >= 15 is 0 Å². The van der Waals surface area contributed by atoms with Crippen LogP contribution < -0.4 is 10.6 Å². The van der Waals surface area contributed by atoms with Gasteiger partial charge in [0.05, 0.1) is 6.54 Å². The highest BCUT2D eigenvalue weighted by Crippen LogP contribution is 2.34. The highest BCUT2D eigenvalue weighted by atomic mass is 16.2. The van der Waals surface area contributed by atoms with E-state index in [0.29, 0.717) is 6.54 Å². The molecule has 0 aromatic rings. The summed E-state index contributed by atoms with van der Waals surface area (Å²) in [7, 11) is 0. The number of amides is 1. The first kappa shape index (κ1) is 12.5. The Labute approximate surface area is 93.0 Å². The van der Waals surface area contributed by atoms with Crippen molar-refractivity contribution in [2.45, 2.75) is 64.5 Å². The standard InChI is InChI=1S/C12H24N2O/c1-5-12(7-6-8-12)13-9-10(15)14-11(2,3)4/h13H,5-9H2,1-4H3,(H,14,15). The molecule has 0 bridgehead atoms. The van der Waals surface area contributed by atoms with Gasteiger partial charge in [0.25, 0.3) is 0 Å². The van der Waals surface area contributed by atoms with Gasteiger partial charge in [0.15, 0.2) is 0 Å². The lowest BCUT2D eigenvalue weighted by Gasteiger charge is -2.42. The second-order valence-electron chi connectivity index (χ2n) is 5.64. The van der Waals surface area contributed by atoms with Crippen molar-refractivity contribution in [2.24, 2.45) is 0 Å². The van der Waals surface area contributed by atoms with Crippen molar-refractivity contribution in [3.63, 3.8) is 0 Å². The van der Waals surface area contributed by atoms with Crippen LogP contribution in [0.4, 0.5) is 0 Å². The molecule has 0 spiro atoms. The molecule has 3 heteroatoms. The Kier molecular flexibility index (Phi) is 3.77. The smallest absolute Gasteiger partial charge is 0.234 e. The molecule has 0 unspecified atom stereocenters. The van der Waals surface area contributed by atoms with Crippen LogP contribution in [0.25, 0.3) is 0 Å². The first-order valence-electron chi connectivity index (χ1n) is 5.93. The molecule has 1 fully saturated rings. The third-order valence-electron chi connectivity index (χ3n) is 3.13. The zero-order valence-electron chi connectivity index (χ0n) is 10.4. The molecule has 0 saturated heterocycles. The van der Waals surface area contributed by atoms with E-state index in [1.165, 1.54) is 19.3 Å². The number of carbonyl (C=O) groups excluding carboxylic acids is 1. The zero-order chi connectivity index (χ0) is 11.5. The van der Waals surface area contributed by atoms with E-state index in [9.17, 15) is 4.79 Å². The maximum Gasteiger partial charge on any atom is 0.234 e. The molecule has 0 heterocycles. The predicted octanol–water partition coefficient (Wildman–Crippen LogP) is 1.82. The first-order valence-corrected chi connectivity index (χ1v) is 5.93. The first-order chi connectivity index (χ1) is 6.87. The second-order valence-corrected chi connectivity index (χ2v) is 5.64. The van der Waals surface area contributed by atoms with Crippen molar-refractivity contribution in [3.05, 3.63) is 0 Å². The summed E-state index contributed by atoms with van der Waals surface area (Å²) in [4.78, 5) is 11.6. The molecule has 3 nitrogen and oxygen atoms in total. The Bertz CT molecular complexity index is 221. The predicted molar refractivity (Wildman–Crippen MR) is 62.8 cm³/mol. The fourth-order valence-electron chi connectivity index (χ4n) is 1.99. The number of carbonyl (C=O) groups is 1. The monoisotopic (exact) mass is 212 g/mol. The highest BCUT2D eigenvalue weighted by molar-refractivity contribution is 5.78. The molecule has 0 atom stereocenters. The van der Waals surface area contributed by atoms with Gasteiger partial charge in [0.2, 0.25) is 5.91 Å². The van der Waals surface area contributed by atoms with Crippen LogP contribution in [0.5, 0.6) is 0 Å². The van der Waals surface area contributed by atoms with E-state index in [1.807, 2.05) is 20.8 Å². The summed E-state index contributed by atoms with van der Waals surface area (Å²) in [6.45, 7) is 8.65. The van der Waals surface area contributed by atoms with Crippen molar-refractivity contribution in [2.75, 3.05) is 6.54 Å². The Morgan fingerprint density at radius 1 is 1.33 bits per heavy atom. The molecule has 0 aliphatic heterocycles. The van der Waals surface area contributed by atoms with Gasteiger partial charge in [-0.05, 0) is 46.5 Å². The molecule has 1 amide bonds. The van der Waals surface area contributed by atoms with Crippen molar-refractivity contribution in [1.82, 2.24) is 10.6 Å². The van der Waals surface area contributed by atoms with Crippen molar-refractivity contribution in [1.29, 1.82) is 0 Å². The summed E-state index contributed by atoms with van der Waals surface area (Å²) in [6.07, 6.45) is 4.84. The van der Waals surface area contributed by atoms with Crippen LogP contribution in [0.1, 0.15) is 53.4 Å². The Hall–Kier alpha value is -0.570. The third-order valence-corrected chi connectivity index (χ3v) is 3.13. The molecule has 1 rings (SSSR count). The average molecular weight is 212 g/mol. The van der Waals surface area contributed by atoms with Gasteiger partial charge in [-0.15, -0.1) is 0 Å². The fourth-order valence-corrected chi connectivity index (χ4v) is 1.99. The maximum absolute atomic E-state index is 11.6. The Balaban J connectivity index is 2.27. The average Bonchev–Trinajstić information content (AvgIpc) is 1.99. The largest absolute Gasteiger partial charge is 0.350 e. The summed E-state index contributed by atoms with van der Waals surface area (Å²) >= 11 is 0. The summed E-state index contributed by atoms with van der Waals surface area (Å²) in [6, 6.07) is 0. The minimum absolute atomic E-state index is 0.0993. The molecule has 15 heavy (non-hydrogen) atoms. The molecule has 0 radical (unpaired) electrons. The minimum Gasteiger partial charge on any atom is -0.350 e. The van der Waals surface area contributed by atoms with Gasteiger partial charge in [-0.1, -0.05) is 6.92 Å². The van der Waals surface area contributed by atoms with Gasteiger partial charge < -0.3 is 10.6 Å². The lowest BCUT2D eigenvalue weighted by atomic mass is 9.75. The quantitative estimate of drug-likeness (QED) is 0.746.